The summed E-state index contributed by atoms with van der Waals surface area (Å²) < 4.78 is 40.3. The molecule has 0 heterocycles. The molecule has 0 radical (unpaired) electrons. The van der Waals surface area contributed by atoms with Crippen LogP contribution in [-0.2, 0) is 16.0 Å². The zero-order valence-electron chi connectivity index (χ0n) is 16.1. The predicted molar refractivity (Wildman–Crippen MR) is 110 cm³/mol. The molecule has 0 spiro atoms. The average Bonchev–Trinajstić information content (AvgIpc) is 2.65. The summed E-state index contributed by atoms with van der Waals surface area (Å²) in [6, 6.07) is 10.1. The van der Waals surface area contributed by atoms with Crippen LogP contribution in [0.3, 0.4) is 0 Å². The molecule has 1 amide bonds. The van der Waals surface area contributed by atoms with Crippen molar-refractivity contribution in [3.8, 4) is 0 Å². The van der Waals surface area contributed by atoms with E-state index in [1.165, 1.54) is 43.3 Å². The molecule has 0 aliphatic carbocycles. The van der Waals surface area contributed by atoms with Crippen LogP contribution in [-0.4, -0.2) is 23.2 Å². The van der Waals surface area contributed by atoms with Crippen molar-refractivity contribution in [3.63, 3.8) is 0 Å². The second-order valence-corrected chi connectivity index (χ2v) is 7.95. The molecule has 0 saturated carbocycles. The number of alkyl halides is 3. The molecule has 3 atom stereocenters. The Bertz CT molecular complexity index is 917. The minimum Gasteiger partial charge on any atom is -0.481 e. The van der Waals surface area contributed by atoms with Gasteiger partial charge in [-0.3, -0.25) is 9.59 Å². The normalized spacial score (nSPS) is 14.6. The molecule has 30 heavy (non-hydrogen) atoms. The Hall–Kier alpha value is -2.25. The van der Waals surface area contributed by atoms with Crippen LogP contribution in [0.4, 0.5) is 18.9 Å². The second kappa shape index (κ2) is 9.71. The fourth-order valence-corrected chi connectivity index (χ4v) is 3.26. The summed E-state index contributed by atoms with van der Waals surface area (Å²) >= 11 is 11.9. The third kappa shape index (κ3) is 6.12. The molecule has 9 heteroatoms. The van der Waals surface area contributed by atoms with E-state index < -0.39 is 35.8 Å². The van der Waals surface area contributed by atoms with Crippen molar-refractivity contribution in [2.24, 2.45) is 11.8 Å². The largest absolute Gasteiger partial charge is 0.481 e. The highest BCUT2D eigenvalue weighted by atomic mass is 35.5. The third-order valence-electron chi connectivity index (χ3n) is 4.78. The van der Waals surface area contributed by atoms with Crippen LogP contribution in [0.2, 0.25) is 10.0 Å². The Labute approximate surface area is 182 Å². The van der Waals surface area contributed by atoms with Gasteiger partial charge in [-0.15, -0.1) is 0 Å². The summed E-state index contributed by atoms with van der Waals surface area (Å²) in [4.78, 5) is 23.9. The van der Waals surface area contributed by atoms with Gasteiger partial charge in [-0.2, -0.15) is 13.2 Å². The minimum atomic E-state index is -4.61. The summed E-state index contributed by atoms with van der Waals surface area (Å²) in [6.45, 7) is 2.46. The lowest BCUT2D eigenvalue weighted by Gasteiger charge is -2.26. The Morgan fingerprint density at radius 2 is 1.67 bits per heavy atom. The van der Waals surface area contributed by atoms with Gasteiger partial charge in [0.05, 0.1) is 28.5 Å². The quantitative estimate of drug-likeness (QED) is 0.517. The fourth-order valence-electron chi connectivity index (χ4n) is 2.97. The van der Waals surface area contributed by atoms with E-state index in [-0.39, 0.29) is 22.7 Å². The standard InChI is InChI=1S/C21H20Cl2F3NO3/c1-11(20(29)30)9-13-3-8-16(23)17(10-13)27-19(28)18(12(2)21(24,25)26)14-4-6-15(22)7-5-14/h3-8,10-12,18H,9H2,1-2H3,(H,27,28)(H,29,30)/t11-,12?,18+/m1/s1. The van der Waals surface area contributed by atoms with Gasteiger partial charge in [0.2, 0.25) is 5.91 Å². The first kappa shape index (κ1) is 24.0. The molecule has 2 aromatic rings. The van der Waals surface area contributed by atoms with Crippen LogP contribution >= 0.6 is 23.2 Å². The molecule has 2 N–H and O–H groups in total. The van der Waals surface area contributed by atoms with Gasteiger partial charge >= 0.3 is 12.1 Å². The molecule has 0 bridgehead atoms. The molecule has 0 aromatic heterocycles. The monoisotopic (exact) mass is 461 g/mol. The van der Waals surface area contributed by atoms with Gasteiger partial charge in [-0.25, -0.2) is 0 Å². The lowest BCUT2D eigenvalue weighted by atomic mass is 9.86. The van der Waals surface area contributed by atoms with Gasteiger partial charge in [0, 0.05) is 5.02 Å². The van der Waals surface area contributed by atoms with Gasteiger partial charge in [0.1, 0.15) is 0 Å². The average molecular weight is 462 g/mol. The van der Waals surface area contributed by atoms with Crippen molar-refractivity contribution in [2.45, 2.75) is 32.4 Å². The molecular formula is C21H20Cl2F3NO3. The molecule has 0 aliphatic heterocycles. The number of rotatable bonds is 7. The number of amides is 1. The summed E-state index contributed by atoms with van der Waals surface area (Å²) in [7, 11) is 0. The number of carbonyl (C=O) groups excluding carboxylic acids is 1. The van der Waals surface area contributed by atoms with E-state index in [0.717, 1.165) is 6.92 Å². The van der Waals surface area contributed by atoms with Crippen molar-refractivity contribution in [3.05, 3.63) is 63.6 Å². The van der Waals surface area contributed by atoms with Crippen molar-refractivity contribution in [2.75, 3.05) is 5.32 Å². The molecular weight excluding hydrogens is 442 g/mol. The zero-order chi connectivity index (χ0) is 22.6. The maximum absolute atomic E-state index is 13.4. The summed E-state index contributed by atoms with van der Waals surface area (Å²) in [6.07, 6.45) is -4.43. The first-order chi connectivity index (χ1) is 13.9. The van der Waals surface area contributed by atoms with Gasteiger partial charge in [-0.1, -0.05) is 55.2 Å². The number of carboxylic acid groups (broad SMARTS) is 1. The number of nitrogens with one attached hydrogen (secondary N) is 1. The van der Waals surface area contributed by atoms with E-state index >= 15 is 0 Å². The van der Waals surface area contributed by atoms with Gasteiger partial charge in [-0.05, 0) is 41.8 Å². The maximum atomic E-state index is 13.4. The van der Waals surface area contributed by atoms with Gasteiger partial charge in [0.25, 0.3) is 0 Å². The van der Waals surface area contributed by atoms with Crippen LogP contribution in [0.25, 0.3) is 0 Å². The lowest BCUT2D eigenvalue weighted by molar-refractivity contribution is -0.178. The van der Waals surface area contributed by atoms with Crippen LogP contribution < -0.4 is 5.32 Å². The van der Waals surface area contributed by atoms with Crippen LogP contribution in [0.5, 0.6) is 0 Å². The van der Waals surface area contributed by atoms with Crippen molar-refractivity contribution < 1.29 is 27.9 Å². The third-order valence-corrected chi connectivity index (χ3v) is 5.36. The Kier molecular flexibility index (Phi) is 7.77. The highest BCUT2D eigenvalue weighted by Gasteiger charge is 2.45. The number of aliphatic carboxylic acids is 1. The molecule has 4 nitrogen and oxygen atoms in total. The second-order valence-electron chi connectivity index (χ2n) is 7.11. The summed E-state index contributed by atoms with van der Waals surface area (Å²) in [5.74, 6) is -6.04. The summed E-state index contributed by atoms with van der Waals surface area (Å²) in [5.41, 5.74) is 0.857. The summed E-state index contributed by atoms with van der Waals surface area (Å²) in [5, 5.41) is 12.0. The number of hydrogen-bond donors (Lipinski definition) is 2. The van der Waals surface area contributed by atoms with Crippen LogP contribution in [0.1, 0.15) is 30.9 Å². The number of benzene rings is 2. The highest BCUT2D eigenvalue weighted by Crippen LogP contribution is 2.39. The predicted octanol–water partition coefficient (Wildman–Crippen LogP) is 6.18. The first-order valence-corrected chi connectivity index (χ1v) is 9.80. The molecule has 2 aromatic carbocycles. The highest BCUT2D eigenvalue weighted by molar-refractivity contribution is 6.33. The van der Waals surface area contributed by atoms with E-state index in [1.54, 1.807) is 6.07 Å². The minimum absolute atomic E-state index is 0.116. The molecule has 1 unspecified atom stereocenters. The number of halogens is 5. The van der Waals surface area contributed by atoms with E-state index in [1.807, 2.05) is 0 Å². The van der Waals surface area contributed by atoms with Crippen molar-refractivity contribution in [1.29, 1.82) is 0 Å². The van der Waals surface area contributed by atoms with Crippen molar-refractivity contribution >= 4 is 40.8 Å². The molecule has 0 aliphatic rings. The van der Waals surface area contributed by atoms with Crippen LogP contribution in [0, 0.1) is 11.8 Å². The van der Waals surface area contributed by atoms with E-state index in [9.17, 15) is 22.8 Å². The van der Waals surface area contributed by atoms with Crippen molar-refractivity contribution in [1.82, 2.24) is 0 Å². The Balaban J connectivity index is 2.35. The lowest BCUT2D eigenvalue weighted by Crippen LogP contribution is -2.34. The fraction of sp³-hybridized carbons (Fsp3) is 0.333. The van der Waals surface area contributed by atoms with E-state index in [0.29, 0.717) is 10.6 Å². The smallest absolute Gasteiger partial charge is 0.392 e. The topological polar surface area (TPSA) is 66.4 Å². The maximum Gasteiger partial charge on any atom is 0.392 e. The van der Waals surface area contributed by atoms with E-state index in [4.69, 9.17) is 28.3 Å². The van der Waals surface area contributed by atoms with Gasteiger partial charge < -0.3 is 10.4 Å². The number of carboxylic acids is 1. The number of anilines is 1. The van der Waals surface area contributed by atoms with Gasteiger partial charge in [0.15, 0.2) is 0 Å². The Morgan fingerprint density at radius 1 is 1.07 bits per heavy atom. The van der Waals surface area contributed by atoms with E-state index in [2.05, 4.69) is 5.32 Å². The molecule has 162 valence electrons. The molecule has 0 fully saturated rings. The van der Waals surface area contributed by atoms with Crippen LogP contribution in [0.15, 0.2) is 42.5 Å². The number of hydrogen-bond acceptors (Lipinski definition) is 2. The SMILES string of the molecule is CC([C@H](C(=O)Nc1cc(C[C@@H](C)C(=O)O)ccc1Cl)c1ccc(Cl)cc1)C(F)(F)F. The molecule has 0 saturated heterocycles. The molecule has 2 rings (SSSR count). The number of carbonyl (C=O) groups is 2. The Morgan fingerprint density at radius 3 is 2.20 bits per heavy atom. The first-order valence-electron chi connectivity index (χ1n) is 9.04. The zero-order valence-corrected chi connectivity index (χ0v) is 17.6.